The van der Waals surface area contributed by atoms with Crippen molar-refractivity contribution in [3.8, 4) is 16.9 Å². The summed E-state index contributed by atoms with van der Waals surface area (Å²) in [7, 11) is -3.73. The molecule has 2 aliphatic heterocycles. The molecule has 1 aromatic carbocycles. The van der Waals surface area contributed by atoms with Crippen LogP contribution in [0.2, 0.25) is 0 Å². The number of rotatable bonds is 8. The van der Waals surface area contributed by atoms with Gasteiger partial charge in [0.15, 0.2) is 11.6 Å². The number of pyridine rings is 1. The maximum Gasteiger partial charge on any atom is 0.251 e. The number of aromatic nitrogens is 4. The molecule has 42 heavy (non-hydrogen) atoms. The van der Waals surface area contributed by atoms with Crippen LogP contribution in [0.25, 0.3) is 16.9 Å². The largest absolute Gasteiger partial charge is 0.395 e. The summed E-state index contributed by atoms with van der Waals surface area (Å²) in [5.41, 5.74) is 3.15. The van der Waals surface area contributed by atoms with Gasteiger partial charge in [-0.2, -0.15) is 0 Å². The quantitative estimate of drug-likeness (QED) is 0.394. The van der Waals surface area contributed by atoms with Gasteiger partial charge in [-0.1, -0.05) is 5.21 Å². The van der Waals surface area contributed by atoms with Gasteiger partial charge in [-0.05, 0) is 62.3 Å². The molecule has 4 heterocycles. The van der Waals surface area contributed by atoms with Crippen LogP contribution in [0.4, 0.5) is 30.4 Å². The van der Waals surface area contributed by atoms with E-state index in [0.717, 1.165) is 31.6 Å². The minimum absolute atomic E-state index is 0.00138. The molecular weight excluding hydrogens is 571 g/mol. The first-order valence-corrected chi connectivity index (χ1v) is 15.9. The van der Waals surface area contributed by atoms with E-state index >= 15 is 4.39 Å². The van der Waals surface area contributed by atoms with Crippen molar-refractivity contribution < 1.29 is 26.7 Å². The van der Waals surface area contributed by atoms with Gasteiger partial charge in [0, 0.05) is 50.3 Å². The zero-order valence-corrected chi connectivity index (χ0v) is 24.2. The molecule has 226 valence electrons. The van der Waals surface area contributed by atoms with Crippen molar-refractivity contribution in [3.63, 3.8) is 0 Å². The second-order valence-electron chi connectivity index (χ2n) is 11.7. The average Bonchev–Trinajstić information content (AvgIpc) is 3.51. The number of nitrogens with one attached hydrogen (secondary N) is 1. The van der Waals surface area contributed by atoms with Crippen molar-refractivity contribution in [2.75, 3.05) is 53.1 Å². The third-order valence-electron chi connectivity index (χ3n) is 8.61. The highest BCUT2D eigenvalue weighted by molar-refractivity contribution is 7.92. The summed E-state index contributed by atoms with van der Waals surface area (Å²) in [6.07, 6.45) is 5.44. The highest BCUT2D eigenvalue weighted by atomic mass is 32.2. The van der Waals surface area contributed by atoms with E-state index in [-0.39, 0.29) is 43.0 Å². The fourth-order valence-corrected chi connectivity index (χ4v) is 6.70. The third kappa shape index (κ3) is 5.91. The van der Waals surface area contributed by atoms with Crippen LogP contribution in [-0.2, 0) is 10.0 Å². The summed E-state index contributed by atoms with van der Waals surface area (Å²) < 4.78 is 72.0. The molecule has 3 fully saturated rings. The van der Waals surface area contributed by atoms with E-state index in [1.54, 1.807) is 42.3 Å². The Labute approximate surface area is 242 Å². The first-order valence-electron chi connectivity index (χ1n) is 14.2. The average molecular weight is 606 g/mol. The lowest BCUT2D eigenvalue weighted by molar-refractivity contribution is -0.0222. The molecule has 2 N–H and O–H groups in total. The van der Waals surface area contributed by atoms with Crippen LogP contribution in [0.5, 0.6) is 0 Å². The van der Waals surface area contributed by atoms with Crippen LogP contribution in [0.1, 0.15) is 44.2 Å². The highest BCUT2D eigenvalue weighted by Crippen LogP contribution is 2.54. The van der Waals surface area contributed by atoms with Crippen LogP contribution in [0, 0.1) is 18.2 Å². The maximum absolute atomic E-state index is 15.8. The highest BCUT2D eigenvalue weighted by Gasteiger charge is 2.44. The Bertz CT molecular complexity index is 1570. The summed E-state index contributed by atoms with van der Waals surface area (Å²) in [6, 6.07) is 6.66. The Morgan fingerprint density at radius 1 is 0.976 bits per heavy atom. The zero-order valence-electron chi connectivity index (χ0n) is 23.4. The summed E-state index contributed by atoms with van der Waals surface area (Å²) in [5, 5.41) is 17.7. The first-order chi connectivity index (χ1) is 20.0. The standard InChI is InChI=1S/C28H34F3N7O3S/c1-19-16-21(25(29)26(32-19)37-12-8-28(30,31)9-13-37)22-18-38(35-33-22)23-3-2-20(34-42(40,41)15-14-39)17-24(23)36-10-6-27(4-5-27)7-11-36/h2-3,16-18,34,39H,4-15H2,1H3. The van der Waals surface area contributed by atoms with Gasteiger partial charge < -0.3 is 14.9 Å². The molecule has 3 aromatic rings. The Hall–Kier alpha value is -3.39. The van der Waals surface area contributed by atoms with E-state index in [0.29, 0.717) is 22.5 Å². The fourth-order valence-electron chi connectivity index (χ4n) is 5.87. The van der Waals surface area contributed by atoms with Gasteiger partial charge in [0.1, 0.15) is 5.69 Å². The number of hydrogen-bond donors (Lipinski definition) is 2. The number of nitrogens with zero attached hydrogens (tertiary/aromatic N) is 6. The third-order valence-corrected chi connectivity index (χ3v) is 9.88. The van der Waals surface area contributed by atoms with E-state index in [1.165, 1.54) is 17.5 Å². The Balaban J connectivity index is 1.33. The summed E-state index contributed by atoms with van der Waals surface area (Å²) >= 11 is 0. The van der Waals surface area contributed by atoms with E-state index in [2.05, 4.69) is 24.9 Å². The fraction of sp³-hybridized carbons (Fsp3) is 0.536. The number of aryl methyl sites for hydroxylation is 1. The molecule has 2 aromatic heterocycles. The number of piperidine rings is 2. The Morgan fingerprint density at radius 3 is 2.33 bits per heavy atom. The van der Waals surface area contributed by atoms with E-state index in [1.807, 2.05) is 0 Å². The first kappa shape index (κ1) is 28.7. The van der Waals surface area contributed by atoms with E-state index < -0.39 is 34.1 Å². The molecule has 0 unspecified atom stereocenters. The predicted molar refractivity (Wildman–Crippen MR) is 153 cm³/mol. The number of sulfonamides is 1. The van der Waals surface area contributed by atoms with Crippen molar-refractivity contribution in [2.45, 2.75) is 51.4 Å². The second kappa shape index (κ2) is 10.7. The summed E-state index contributed by atoms with van der Waals surface area (Å²) in [5.74, 6) is -3.79. The van der Waals surface area contributed by atoms with Crippen LogP contribution in [0.3, 0.4) is 0 Å². The number of alkyl halides is 2. The molecular formula is C28H34F3N7O3S. The zero-order chi connectivity index (χ0) is 29.7. The van der Waals surface area contributed by atoms with Crippen molar-refractivity contribution in [1.29, 1.82) is 0 Å². The molecule has 6 rings (SSSR count). The number of halogens is 3. The van der Waals surface area contributed by atoms with Crippen LogP contribution in [-0.4, -0.2) is 78.0 Å². The van der Waals surface area contributed by atoms with Gasteiger partial charge in [-0.15, -0.1) is 5.10 Å². The van der Waals surface area contributed by atoms with Crippen molar-refractivity contribution in [1.82, 2.24) is 20.0 Å². The lowest BCUT2D eigenvalue weighted by atomic mass is 9.93. The minimum Gasteiger partial charge on any atom is -0.395 e. The number of anilines is 3. The molecule has 0 radical (unpaired) electrons. The van der Waals surface area contributed by atoms with Gasteiger partial charge >= 0.3 is 0 Å². The Morgan fingerprint density at radius 2 is 1.67 bits per heavy atom. The van der Waals surface area contributed by atoms with Crippen LogP contribution >= 0.6 is 0 Å². The predicted octanol–water partition coefficient (Wildman–Crippen LogP) is 4.13. The van der Waals surface area contributed by atoms with Gasteiger partial charge in [-0.3, -0.25) is 4.72 Å². The van der Waals surface area contributed by atoms with Gasteiger partial charge in [0.2, 0.25) is 10.0 Å². The number of aliphatic hydroxyl groups excluding tert-OH is 1. The van der Waals surface area contributed by atoms with Gasteiger partial charge in [-0.25, -0.2) is 31.3 Å². The van der Waals surface area contributed by atoms with Crippen molar-refractivity contribution in [2.24, 2.45) is 5.41 Å². The topological polar surface area (TPSA) is 116 Å². The Kier molecular flexibility index (Phi) is 7.32. The smallest absolute Gasteiger partial charge is 0.251 e. The number of aliphatic hydroxyl groups is 1. The molecule has 3 aliphatic rings. The molecule has 0 amide bonds. The van der Waals surface area contributed by atoms with Gasteiger partial charge in [0.25, 0.3) is 5.92 Å². The molecule has 0 atom stereocenters. The monoisotopic (exact) mass is 605 g/mol. The minimum atomic E-state index is -3.73. The molecule has 0 bridgehead atoms. The number of hydrogen-bond acceptors (Lipinski definition) is 8. The van der Waals surface area contributed by atoms with Gasteiger partial charge in [0.05, 0.1) is 35.6 Å². The molecule has 1 spiro atoms. The molecule has 10 nitrogen and oxygen atoms in total. The summed E-state index contributed by atoms with van der Waals surface area (Å²) in [4.78, 5) is 8.06. The molecule has 2 saturated heterocycles. The molecule has 1 aliphatic carbocycles. The lowest BCUT2D eigenvalue weighted by Gasteiger charge is -2.35. The van der Waals surface area contributed by atoms with Crippen LogP contribution < -0.4 is 14.5 Å². The van der Waals surface area contributed by atoms with E-state index in [4.69, 9.17) is 5.11 Å². The van der Waals surface area contributed by atoms with Crippen molar-refractivity contribution in [3.05, 3.63) is 42.0 Å². The molecule has 1 saturated carbocycles. The van der Waals surface area contributed by atoms with Crippen LogP contribution in [0.15, 0.2) is 30.5 Å². The van der Waals surface area contributed by atoms with Crippen molar-refractivity contribution >= 4 is 27.2 Å². The SMILES string of the molecule is Cc1cc(-c2cn(-c3ccc(NS(=O)(=O)CCO)cc3N3CCC4(CC3)CC4)nn2)c(F)c(N2CCC(F)(F)CC2)n1. The maximum atomic E-state index is 15.8. The van der Waals surface area contributed by atoms with E-state index in [9.17, 15) is 17.2 Å². The second-order valence-corrected chi connectivity index (χ2v) is 13.5. The molecule has 14 heteroatoms. The summed E-state index contributed by atoms with van der Waals surface area (Å²) in [6.45, 7) is 2.83. The number of benzene rings is 1. The normalized spacial score (nSPS) is 19.7. The lowest BCUT2D eigenvalue weighted by Crippen LogP contribution is -2.40.